The molecule has 33 heavy (non-hydrogen) atoms. The maximum atomic E-state index is 13.6. The predicted molar refractivity (Wildman–Crippen MR) is 132 cm³/mol. The van der Waals surface area contributed by atoms with Crippen molar-refractivity contribution >= 4 is 35.1 Å². The lowest BCUT2D eigenvalue weighted by Gasteiger charge is -2.25. The molecule has 0 radical (unpaired) electrons. The van der Waals surface area contributed by atoms with Gasteiger partial charge in [0.2, 0.25) is 0 Å². The molecular formula is C25H24N2O4S2. The molecule has 2 aromatic carbocycles. The van der Waals surface area contributed by atoms with Crippen molar-refractivity contribution in [2.45, 2.75) is 24.8 Å². The Kier molecular flexibility index (Phi) is 6.85. The molecule has 1 aromatic heterocycles. The Labute approximate surface area is 199 Å². The number of methoxy groups -OCH3 is 1. The average molecular weight is 481 g/mol. The van der Waals surface area contributed by atoms with Crippen molar-refractivity contribution in [1.82, 2.24) is 4.57 Å². The molecule has 6 nitrogen and oxygen atoms in total. The molecule has 1 aliphatic rings. The van der Waals surface area contributed by atoms with E-state index in [1.54, 1.807) is 37.3 Å². The molecule has 0 N–H and O–H groups in total. The average Bonchev–Trinajstić information content (AvgIpc) is 3.13. The van der Waals surface area contributed by atoms with E-state index < -0.39 is 12.0 Å². The molecule has 0 fully saturated rings. The second-order valence-electron chi connectivity index (χ2n) is 7.32. The first kappa shape index (κ1) is 23.1. The van der Waals surface area contributed by atoms with Crippen LogP contribution in [-0.2, 0) is 9.53 Å². The van der Waals surface area contributed by atoms with Crippen molar-refractivity contribution in [2.75, 3.05) is 20.0 Å². The molecular weight excluding hydrogens is 456 g/mol. The van der Waals surface area contributed by atoms with Crippen molar-refractivity contribution in [1.29, 1.82) is 0 Å². The summed E-state index contributed by atoms with van der Waals surface area (Å²) in [5, 5.41) is 0. The summed E-state index contributed by atoms with van der Waals surface area (Å²) in [5.74, 6) is 0.0952. The zero-order valence-electron chi connectivity index (χ0n) is 18.8. The minimum absolute atomic E-state index is 0.210. The number of carbonyl (C=O) groups is 1. The number of aromatic nitrogens is 1. The summed E-state index contributed by atoms with van der Waals surface area (Å²) in [7, 11) is 1.57. The van der Waals surface area contributed by atoms with E-state index in [0.717, 1.165) is 10.5 Å². The van der Waals surface area contributed by atoms with E-state index in [2.05, 4.69) is 4.99 Å². The third-order valence-electron chi connectivity index (χ3n) is 5.36. The fraction of sp³-hybridized carbons (Fsp3) is 0.240. The maximum Gasteiger partial charge on any atom is 0.338 e. The fourth-order valence-electron chi connectivity index (χ4n) is 3.83. The van der Waals surface area contributed by atoms with Crippen LogP contribution in [0.3, 0.4) is 0 Å². The van der Waals surface area contributed by atoms with Gasteiger partial charge in [0.25, 0.3) is 5.56 Å². The van der Waals surface area contributed by atoms with Crippen LogP contribution in [0.4, 0.5) is 0 Å². The Morgan fingerprint density at radius 3 is 2.61 bits per heavy atom. The van der Waals surface area contributed by atoms with Crippen LogP contribution in [0.5, 0.6) is 5.75 Å². The molecule has 3 aromatic rings. The number of hydrogen-bond donors (Lipinski definition) is 0. The summed E-state index contributed by atoms with van der Waals surface area (Å²) in [6, 6.07) is 14.7. The molecule has 1 aliphatic heterocycles. The number of rotatable bonds is 6. The number of carbonyl (C=O) groups excluding carboxylic acids is 1. The number of para-hydroxylation sites is 1. The molecule has 0 saturated carbocycles. The molecule has 8 heteroatoms. The molecule has 170 valence electrons. The second kappa shape index (κ2) is 9.80. The number of hydrogen-bond acceptors (Lipinski definition) is 7. The fourth-order valence-corrected chi connectivity index (χ4v) is 5.28. The first-order chi connectivity index (χ1) is 16.0. The van der Waals surface area contributed by atoms with Crippen molar-refractivity contribution in [3.8, 4) is 5.75 Å². The van der Waals surface area contributed by atoms with E-state index >= 15 is 0 Å². The quantitative estimate of drug-likeness (QED) is 0.399. The van der Waals surface area contributed by atoms with Crippen LogP contribution in [0.15, 0.2) is 74.5 Å². The predicted octanol–water partition coefficient (Wildman–Crippen LogP) is 3.53. The van der Waals surface area contributed by atoms with Crippen LogP contribution in [0.25, 0.3) is 6.08 Å². The molecule has 4 rings (SSSR count). The first-order valence-electron chi connectivity index (χ1n) is 10.4. The third kappa shape index (κ3) is 4.41. The van der Waals surface area contributed by atoms with Gasteiger partial charge in [-0.15, -0.1) is 11.8 Å². The number of thiazole rings is 1. The zero-order valence-corrected chi connectivity index (χ0v) is 20.5. The number of thioether (sulfide) groups is 1. The highest BCUT2D eigenvalue weighted by atomic mass is 32.2. The van der Waals surface area contributed by atoms with Gasteiger partial charge in [0.05, 0.1) is 29.5 Å². The molecule has 2 heterocycles. The van der Waals surface area contributed by atoms with Crippen molar-refractivity contribution in [3.63, 3.8) is 0 Å². The number of fused-ring (bicyclic) bond motifs is 1. The molecule has 0 aliphatic carbocycles. The molecule has 0 bridgehead atoms. The van der Waals surface area contributed by atoms with Gasteiger partial charge in [-0.1, -0.05) is 41.7 Å². The Morgan fingerprint density at radius 1 is 1.21 bits per heavy atom. The van der Waals surface area contributed by atoms with Crippen molar-refractivity contribution in [3.05, 3.63) is 90.6 Å². The first-order valence-corrected chi connectivity index (χ1v) is 12.5. The number of nitrogens with zero attached hydrogens (tertiary/aromatic N) is 2. The van der Waals surface area contributed by atoms with Gasteiger partial charge >= 0.3 is 5.97 Å². The standard InChI is InChI=1S/C25H24N2O4S2/c1-5-31-24(29)21-15(2)26-25-27(22(21)18-8-6-7-9-19(18)30-3)23(28)20(33-25)14-16-10-12-17(32-4)13-11-16/h6-14,22H,5H2,1-4H3/b20-14-. The van der Waals surface area contributed by atoms with Gasteiger partial charge in [-0.2, -0.15) is 0 Å². The lowest BCUT2D eigenvalue weighted by atomic mass is 9.95. The topological polar surface area (TPSA) is 69.9 Å². The van der Waals surface area contributed by atoms with Crippen LogP contribution in [0.2, 0.25) is 0 Å². The maximum absolute atomic E-state index is 13.6. The van der Waals surface area contributed by atoms with Gasteiger partial charge in [-0.05, 0) is 49.9 Å². The summed E-state index contributed by atoms with van der Waals surface area (Å²) in [6.07, 6.45) is 3.88. The van der Waals surface area contributed by atoms with Crippen LogP contribution in [-0.4, -0.2) is 30.5 Å². The van der Waals surface area contributed by atoms with Crippen LogP contribution in [0, 0.1) is 0 Å². The smallest absolute Gasteiger partial charge is 0.338 e. The van der Waals surface area contributed by atoms with E-state index in [4.69, 9.17) is 9.47 Å². The van der Waals surface area contributed by atoms with Crippen LogP contribution in [0.1, 0.15) is 31.0 Å². The summed E-state index contributed by atoms with van der Waals surface area (Å²) >= 11 is 2.97. The Morgan fingerprint density at radius 2 is 1.94 bits per heavy atom. The van der Waals surface area contributed by atoms with Gasteiger partial charge in [0.1, 0.15) is 11.8 Å². The van der Waals surface area contributed by atoms with E-state index in [-0.39, 0.29) is 12.2 Å². The highest BCUT2D eigenvalue weighted by Gasteiger charge is 2.34. The van der Waals surface area contributed by atoms with E-state index in [1.165, 1.54) is 11.3 Å². The monoisotopic (exact) mass is 480 g/mol. The Balaban J connectivity index is 1.95. The second-order valence-corrected chi connectivity index (χ2v) is 9.21. The summed E-state index contributed by atoms with van der Waals surface area (Å²) in [6.45, 7) is 3.75. The molecule has 1 unspecified atom stereocenters. The van der Waals surface area contributed by atoms with E-state index in [9.17, 15) is 9.59 Å². The minimum atomic E-state index is -0.697. The number of esters is 1. The zero-order chi connectivity index (χ0) is 23.5. The largest absolute Gasteiger partial charge is 0.496 e. The number of benzene rings is 2. The summed E-state index contributed by atoms with van der Waals surface area (Å²) in [4.78, 5) is 32.9. The summed E-state index contributed by atoms with van der Waals surface area (Å²) < 4.78 is 13.0. The molecule has 1 atom stereocenters. The SMILES string of the molecule is CCOC(=O)C1=C(C)N=c2s/c(=C\c3ccc(SC)cc3)c(=O)n2C1c1ccccc1OC. The van der Waals surface area contributed by atoms with Gasteiger partial charge in [-0.25, -0.2) is 9.79 Å². The Bertz CT molecular complexity index is 1400. The highest BCUT2D eigenvalue weighted by molar-refractivity contribution is 7.98. The van der Waals surface area contributed by atoms with Gasteiger partial charge in [0, 0.05) is 10.5 Å². The van der Waals surface area contributed by atoms with E-state index in [0.29, 0.717) is 31.9 Å². The number of allylic oxidation sites excluding steroid dienone is 1. The molecule has 0 saturated heterocycles. The third-order valence-corrected chi connectivity index (χ3v) is 7.09. The van der Waals surface area contributed by atoms with Crippen LogP contribution >= 0.6 is 23.1 Å². The molecule has 0 amide bonds. The number of ether oxygens (including phenoxy) is 2. The lowest BCUT2D eigenvalue weighted by molar-refractivity contribution is -0.139. The normalized spacial score (nSPS) is 15.8. The van der Waals surface area contributed by atoms with Crippen molar-refractivity contribution in [2.24, 2.45) is 4.99 Å². The van der Waals surface area contributed by atoms with Crippen molar-refractivity contribution < 1.29 is 14.3 Å². The van der Waals surface area contributed by atoms with Gasteiger partial charge in [0.15, 0.2) is 4.80 Å². The molecule has 0 spiro atoms. The Hall–Kier alpha value is -3.10. The van der Waals surface area contributed by atoms with Gasteiger partial charge < -0.3 is 9.47 Å². The minimum Gasteiger partial charge on any atom is -0.496 e. The highest BCUT2D eigenvalue weighted by Crippen LogP contribution is 2.35. The van der Waals surface area contributed by atoms with Crippen LogP contribution < -0.4 is 19.6 Å². The summed E-state index contributed by atoms with van der Waals surface area (Å²) in [5.41, 5.74) is 2.28. The van der Waals surface area contributed by atoms with E-state index in [1.807, 2.05) is 60.9 Å². The lowest BCUT2D eigenvalue weighted by Crippen LogP contribution is -2.40. The van der Waals surface area contributed by atoms with Gasteiger partial charge in [-0.3, -0.25) is 9.36 Å².